The van der Waals surface area contributed by atoms with Crippen LogP contribution in [0.5, 0.6) is 0 Å². The predicted octanol–water partition coefficient (Wildman–Crippen LogP) is 4.26. The summed E-state index contributed by atoms with van der Waals surface area (Å²) in [5, 5.41) is 9.00. The van der Waals surface area contributed by atoms with Gasteiger partial charge >= 0.3 is 0 Å². The van der Waals surface area contributed by atoms with E-state index in [0.29, 0.717) is 0 Å². The molecule has 4 N–H and O–H groups in total. The van der Waals surface area contributed by atoms with Crippen molar-refractivity contribution in [1.29, 1.82) is 0 Å². The summed E-state index contributed by atoms with van der Waals surface area (Å²) >= 11 is 0. The normalized spacial score (nSPS) is 20.8. The third-order valence-electron chi connectivity index (χ3n) is 4.28. The van der Waals surface area contributed by atoms with Crippen LogP contribution in [-0.4, -0.2) is 4.87 Å². The van der Waals surface area contributed by atoms with Gasteiger partial charge in [-0.05, 0) is 34.7 Å². The molecule has 0 aliphatic heterocycles. The van der Waals surface area contributed by atoms with Crippen molar-refractivity contribution in [1.82, 2.24) is 0 Å². The lowest BCUT2D eigenvalue weighted by molar-refractivity contribution is 0.743. The van der Waals surface area contributed by atoms with Crippen LogP contribution in [0.4, 0.5) is 0 Å². The fraction of sp³-hybridized carbons (Fsp3) is 0.100. The molecule has 3 aromatic carbocycles. The SMILES string of the molecule is N[S+](SC1(N)C=Cc2ccccc2C1)c1cccc2ccccc12. The van der Waals surface area contributed by atoms with Gasteiger partial charge in [-0.1, -0.05) is 60.7 Å². The third kappa shape index (κ3) is 2.98. The van der Waals surface area contributed by atoms with Crippen LogP contribution in [0.25, 0.3) is 16.8 Å². The Balaban J connectivity index is 1.63. The van der Waals surface area contributed by atoms with Crippen molar-refractivity contribution in [2.24, 2.45) is 10.9 Å². The van der Waals surface area contributed by atoms with Gasteiger partial charge in [0.05, 0.1) is 0 Å². The van der Waals surface area contributed by atoms with E-state index in [1.807, 2.05) is 0 Å². The van der Waals surface area contributed by atoms with Crippen LogP contribution in [0.1, 0.15) is 11.1 Å². The summed E-state index contributed by atoms with van der Waals surface area (Å²) < 4.78 is 0. The quantitative estimate of drug-likeness (QED) is 0.421. The molecule has 1 aliphatic carbocycles. The molecule has 0 aromatic heterocycles. The molecule has 2 nitrogen and oxygen atoms in total. The lowest BCUT2D eigenvalue weighted by Crippen LogP contribution is -2.40. The summed E-state index contributed by atoms with van der Waals surface area (Å²) in [6.45, 7) is 0. The second-order valence-corrected chi connectivity index (χ2v) is 9.56. The molecule has 0 saturated carbocycles. The molecule has 0 spiro atoms. The zero-order chi connectivity index (χ0) is 16.6. The van der Waals surface area contributed by atoms with Crippen molar-refractivity contribution in [3.8, 4) is 0 Å². The van der Waals surface area contributed by atoms with Crippen LogP contribution in [0.2, 0.25) is 0 Å². The van der Waals surface area contributed by atoms with E-state index in [2.05, 4.69) is 78.9 Å². The maximum absolute atomic E-state index is 6.66. The Bertz CT molecular complexity index is 917. The van der Waals surface area contributed by atoms with Gasteiger partial charge in [0, 0.05) is 11.8 Å². The first-order valence-corrected chi connectivity index (χ1v) is 10.5. The fourth-order valence-electron chi connectivity index (χ4n) is 3.09. The van der Waals surface area contributed by atoms with Crippen LogP contribution >= 0.6 is 10.8 Å². The van der Waals surface area contributed by atoms with E-state index >= 15 is 0 Å². The first-order chi connectivity index (χ1) is 11.6. The first kappa shape index (κ1) is 15.8. The summed E-state index contributed by atoms with van der Waals surface area (Å²) in [5.74, 6) is 0. The Morgan fingerprint density at radius 2 is 1.67 bits per heavy atom. The molecule has 0 heterocycles. The van der Waals surface area contributed by atoms with Crippen molar-refractivity contribution >= 4 is 37.8 Å². The monoisotopic (exact) mass is 351 g/mol. The molecule has 24 heavy (non-hydrogen) atoms. The zero-order valence-electron chi connectivity index (χ0n) is 13.2. The highest BCUT2D eigenvalue weighted by Crippen LogP contribution is 2.39. The zero-order valence-corrected chi connectivity index (χ0v) is 14.8. The molecular formula is C20H19N2S2+. The van der Waals surface area contributed by atoms with E-state index in [4.69, 9.17) is 10.9 Å². The van der Waals surface area contributed by atoms with Gasteiger partial charge in [0.15, 0.2) is 15.0 Å². The molecule has 120 valence electrons. The lowest BCUT2D eigenvalue weighted by Gasteiger charge is -2.26. The summed E-state index contributed by atoms with van der Waals surface area (Å²) in [6, 6.07) is 23.1. The maximum atomic E-state index is 6.66. The fourth-order valence-corrected chi connectivity index (χ4v) is 6.51. The smallest absolute Gasteiger partial charge is 0.197 e. The molecule has 2 atom stereocenters. The molecule has 4 heteroatoms. The van der Waals surface area contributed by atoms with Gasteiger partial charge in [-0.3, -0.25) is 0 Å². The van der Waals surface area contributed by atoms with Crippen molar-refractivity contribution in [3.63, 3.8) is 0 Å². The number of nitrogens with two attached hydrogens (primary N) is 2. The van der Waals surface area contributed by atoms with E-state index in [-0.39, 0.29) is 0 Å². The van der Waals surface area contributed by atoms with Gasteiger partial charge in [-0.25, -0.2) is 0 Å². The summed E-state index contributed by atoms with van der Waals surface area (Å²) in [5.41, 5.74) is 9.19. The van der Waals surface area contributed by atoms with E-state index in [1.165, 1.54) is 21.9 Å². The highest BCUT2D eigenvalue weighted by Gasteiger charge is 2.38. The van der Waals surface area contributed by atoms with Crippen LogP contribution in [0.3, 0.4) is 0 Å². The van der Waals surface area contributed by atoms with Gasteiger partial charge in [-0.15, -0.1) is 5.14 Å². The molecule has 2 unspecified atom stereocenters. The Kier molecular flexibility index (Phi) is 4.14. The largest absolute Gasteiger partial charge is 0.309 e. The minimum atomic E-state index is -0.481. The first-order valence-electron chi connectivity index (χ1n) is 7.87. The number of hydrogen-bond acceptors (Lipinski definition) is 3. The Labute approximate surface area is 148 Å². The molecule has 4 rings (SSSR count). The number of rotatable bonds is 3. The molecule has 0 fully saturated rings. The molecule has 0 saturated heterocycles. The van der Waals surface area contributed by atoms with Crippen LogP contribution in [0.15, 0.2) is 77.7 Å². The summed E-state index contributed by atoms with van der Waals surface area (Å²) in [4.78, 5) is 0.693. The molecule has 3 aromatic rings. The van der Waals surface area contributed by atoms with Crippen molar-refractivity contribution in [2.45, 2.75) is 16.2 Å². The summed E-state index contributed by atoms with van der Waals surface area (Å²) in [6.07, 6.45) is 5.01. The van der Waals surface area contributed by atoms with Gasteiger partial charge in [-0.2, -0.15) is 0 Å². The van der Waals surface area contributed by atoms with E-state index in [1.54, 1.807) is 10.8 Å². The third-order valence-corrected chi connectivity index (χ3v) is 7.85. The van der Waals surface area contributed by atoms with Crippen molar-refractivity contribution in [3.05, 3.63) is 83.9 Å². The topological polar surface area (TPSA) is 52.0 Å². The Morgan fingerprint density at radius 3 is 2.58 bits per heavy atom. The number of benzene rings is 3. The van der Waals surface area contributed by atoms with E-state index in [9.17, 15) is 0 Å². The minimum absolute atomic E-state index is 0.469. The van der Waals surface area contributed by atoms with E-state index in [0.717, 1.165) is 11.3 Å². The van der Waals surface area contributed by atoms with Gasteiger partial charge in [0.2, 0.25) is 0 Å². The molecule has 0 radical (unpaired) electrons. The number of hydrogen-bond donors (Lipinski definition) is 2. The van der Waals surface area contributed by atoms with Gasteiger partial charge in [0.1, 0.15) is 15.7 Å². The average Bonchev–Trinajstić information content (AvgIpc) is 2.60. The van der Waals surface area contributed by atoms with Crippen molar-refractivity contribution in [2.75, 3.05) is 0 Å². The highest BCUT2D eigenvalue weighted by molar-refractivity contribution is 8.73. The summed E-state index contributed by atoms with van der Waals surface area (Å²) in [7, 11) is 1.17. The molecule has 0 bridgehead atoms. The van der Waals surface area contributed by atoms with Crippen LogP contribution in [-0.2, 0) is 16.5 Å². The van der Waals surface area contributed by atoms with Crippen LogP contribution in [0, 0.1) is 0 Å². The predicted molar refractivity (Wildman–Crippen MR) is 107 cm³/mol. The van der Waals surface area contributed by atoms with E-state index < -0.39 is 15.0 Å². The van der Waals surface area contributed by atoms with Gasteiger partial charge < -0.3 is 5.73 Å². The lowest BCUT2D eigenvalue weighted by atomic mass is 9.94. The van der Waals surface area contributed by atoms with Gasteiger partial charge in [0.25, 0.3) is 0 Å². The minimum Gasteiger partial charge on any atom is -0.309 e. The second kappa shape index (κ2) is 6.30. The molecular weight excluding hydrogens is 332 g/mol. The van der Waals surface area contributed by atoms with Crippen LogP contribution < -0.4 is 10.9 Å². The number of fused-ring (bicyclic) bond motifs is 2. The van der Waals surface area contributed by atoms with Crippen molar-refractivity contribution < 1.29 is 0 Å². The maximum Gasteiger partial charge on any atom is 0.197 e. The Hall–Kier alpha value is -1.72. The standard InChI is InChI=1S/C20H19N2S2/c21-20(13-12-15-6-1-2-8-17(15)14-20)23-24(22)19-11-5-9-16-7-3-4-10-18(16)19/h1-13H,14,21-22H2/q+1. The molecule has 0 amide bonds. The average molecular weight is 352 g/mol. The second-order valence-electron chi connectivity index (χ2n) is 6.02. The highest BCUT2D eigenvalue weighted by atomic mass is 33.1. The molecule has 1 aliphatic rings. The Morgan fingerprint density at radius 1 is 0.917 bits per heavy atom.